The molecule has 11 heteroatoms. The molecule has 0 saturated carbocycles. The predicted molar refractivity (Wildman–Crippen MR) is 140 cm³/mol. The average molecular weight is 538 g/mol. The number of aryl methyl sites for hydroxylation is 1. The molecule has 0 spiro atoms. The fourth-order valence-corrected chi connectivity index (χ4v) is 4.39. The molecule has 34 heavy (non-hydrogen) atoms. The van der Waals surface area contributed by atoms with Crippen LogP contribution in [0.15, 0.2) is 48.8 Å². The lowest BCUT2D eigenvalue weighted by Gasteiger charge is -2.11. The fraction of sp³-hybridized carbons (Fsp3) is 0.174. The van der Waals surface area contributed by atoms with Gasteiger partial charge in [-0.15, -0.1) is 0 Å². The summed E-state index contributed by atoms with van der Waals surface area (Å²) in [5, 5.41) is 17.0. The molecular formula is C23H20Cl3FN6S. The Morgan fingerprint density at radius 2 is 1.85 bits per heavy atom. The second kappa shape index (κ2) is 10.3. The lowest BCUT2D eigenvalue weighted by molar-refractivity contribution is 0.579. The van der Waals surface area contributed by atoms with E-state index in [4.69, 9.17) is 47.0 Å². The molecule has 0 bridgehead atoms. The van der Waals surface area contributed by atoms with Crippen molar-refractivity contribution in [2.75, 3.05) is 10.6 Å². The molecule has 0 saturated heterocycles. The van der Waals surface area contributed by atoms with Crippen molar-refractivity contribution in [1.29, 1.82) is 0 Å². The molecule has 0 atom stereocenters. The van der Waals surface area contributed by atoms with Crippen LogP contribution in [0.25, 0.3) is 0 Å². The second-order valence-corrected chi connectivity index (χ2v) is 9.30. The molecule has 0 amide bonds. The summed E-state index contributed by atoms with van der Waals surface area (Å²) < 4.78 is 17.6. The monoisotopic (exact) mass is 536 g/mol. The smallest absolute Gasteiger partial charge is 0.175 e. The summed E-state index contributed by atoms with van der Waals surface area (Å²) in [4.78, 5) is 0. The Balaban J connectivity index is 1.43. The normalized spacial score (nSPS) is 11.0. The number of rotatable bonds is 6. The summed E-state index contributed by atoms with van der Waals surface area (Å²) >= 11 is 23.9. The highest BCUT2D eigenvalue weighted by molar-refractivity contribution is 7.80. The number of anilines is 2. The van der Waals surface area contributed by atoms with Gasteiger partial charge in [-0.3, -0.25) is 9.36 Å². The van der Waals surface area contributed by atoms with Gasteiger partial charge in [0.25, 0.3) is 0 Å². The second-order valence-electron chi connectivity index (χ2n) is 7.65. The molecule has 0 aliphatic heterocycles. The number of hydrogen-bond acceptors (Lipinski definition) is 3. The fourth-order valence-electron chi connectivity index (χ4n) is 3.48. The van der Waals surface area contributed by atoms with Gasteiger partial charge in [0.05, 0.1) is 42.0 Å². The lowest BCUT2D eigenvalue weighted by atomic mass is 10.2. The number of benzene rings is 2. The summed E-state index contributed by atoms with van der Waals surface area (Å²) in [5.74, 6) is -0.372. The van der Waals surface area contributed by atoms with E-state index in [0.29, 0.717) is 38.0 Å². The minimum absolute atomic E-state index is 0.208. The number of hydrogen-bond donors (Lipinski definition) is 2. The van der Waals surface area contributed by atoms with Crippen LogP contribution in [0.3, 0.4) is 0 Å². The van der Waals surface area contributed by atoms with Gasteiger partial charge in [0.2, 0.25) is 0 Å². The van der Waals surface area contributed by atoms with Crippen molar-refractivity contribution in [3.8, 4) is 0 Å². The summed E-state index contributed by atoms with van der Waals surface area (Å²) in [6.07, 6.45) is 3.49. The van der Waals surface area contributed by atoms with E-state index in [1.165, 1.54) is 6.07 Å². The highest BCUT2D eigenvalue weighted by Crippen LogP contribution is 2.25. The quantitative estimate of drug-likeness (QED) is 0.268. The molecule has 2 aromatic heterocycles. The third kappa shape index (κ3) is 5.52. The summed E-state index contributed by atoms with van der Waals surface area (Å²) in [5.41, 5.74) is 4.26. The van der Waals surface area contributed by atoms with E-state index in [1.807, 2.05) is 26.1 Å². The van der Waals surface area contributed by atoms with E-state index in [-0.39, 0.29) is 12.4 Å². The van der Waals surface area contributed by atoms with Gasteiger partial charge >= 0.3 is 0 Å². The Labute approximate surface area is 216 Å². The van der Waals surface area contributed by atoms with Crippen LogP contribution in [-0.2, 0) is 13.1 Å². The van der Waals surface area contributed by atoms with Crippen molar-refractivity contribution in [1.82, 2.24) is 19.6 Å². The molecule has 0 radical (unpaired) electrons. The van der Waals surface area contributed by atoms with E-state index in [1.54, 1.807) is 39.8 Å². The number of thiocarbonyl (C=S) groups is 1. The maximum absolute atomic E-state index is 14.2. The van der Waals surface area contributed by atoms with Crippen molar-refractivity contribution in [2.45, 2.75) is 26.9 Å². The van der Waals surface area contributed by atoms with Gasteiger partial charge in [-0.25, -0.2) is 4.39 Å². The lowest BCUT2D eigenvalue weighted by Crippen LogP contribution is -2.19. The minimum Gasteiger partial charge on any atom is -0.330 e. The number of halogens is 4. The highest BCUT2D eigenvalue weighted by Gasteiger charge is 2.16. The third-order valence-electron chi connectivity index (χ3n) is 5.23. The van der Waals surface area contributed by atoms with Crippen molar-refractivity contribution in [3.63, 3.8) is 0 Å². The predicted octanol–water partition coefficient (Wildman–Crippen LogP) is 6.70. The van der Waals surface area contributed by atoms with Gasteiger partial charge in [-0.05, 0) is 55.9 Å². The van der Waals surface area contributed by atoms with Crippen LogP contribution in [0.2, 0.25) is 15.1 Å². The zero-order chi connectivity index (χ0) is 24.4. The molecule has 2 heterocycles. The van der Waals surface area contributed by atoms with Crippen LogP contribution in [-0.4, -0.2) is 24.7 Å². The Morgan fingerprint density at radius 3 is 2.59 bits per heavy atom. The van der Waals surface area contributed by atoms with E-state index >= 15 is 0 Å². The van der Waals surface area contributed by atoms with Gasteiger partial charge in [-0.1, -0.05) is 46.9 Å². The molecule has 176 valence electrons. The first-order valence-electron chi connectivity index (χ1n) is 10.2. The van der Waals surface area contributed by atoms with Crippen LogP contribution < -0.4 is 10.6 Å². The molecule has 6 nitrogen and oxygen atoms in total. The summed E-state index contributed by atoms with van der Waals surface area (Å²) in [6, 6.07) is 9.96. The molecule has 0 fully saturated rings. The van der Waals surface area contributed by atoms with Crippen LogP contribution in [0, 0.1) is 19.7 Å². The summed E-state index contributed by atoms with van der Waals surface area (Å²) in [7, 11) is 0. The molecule has 0 aliphatic carbocycles. The number of nitrogens with one attached hydrogen (secondary N) is 2. The van der Waals surface area contributed by atoms with Gasteiger partial charge in [0, 0.05) is 26.8 Å². The van der Waals surface area contributed by atoms with Crippen LogP contribution in [0.5, 0.6) is 0 Å². The summed E-state index contributed by atoms with van der Waals surface area (Å²) in [6.45, 7) is 4.43. The first-order chi connectivity index (χ1) is 16.2. The van der Waals surface area contributed by atoms with E-state index in [9.17, 15) is 4.39 Å². The first-order valence-corrected chi connectivity index (χ1v) is 11.8. The molecule has 4 rings (SSSR count). The Morgan fingerprint density at radius 1 is 1.06 bits per heavy atom. The molecule has 4 aromatic rings. The average Bonchev–Trinajstić information content (AvgIpc) is 3.32. The van der Waals surface area contributed by atoms with E-state index in [2.05, 4.69) is 20.8 Å². The molecule has 0 aliphatic rings. The van der Waals surface area contributed by atoms with Crippen molar-refractivity contribution < 1.29 is 4.39 Å². The van der Waals surface area contributed by atoms with Crippen molar-refractivity contribution >= 4 is 63.5 Å². The Kier molecular flexibility index (Phi) is 7.42. The maximum Gasteiger partial charge on any atom is 0.175 e. The largest absolute Gasteiger partial charge is 0.330 e. The number of nitrogens with zero attached hydrogens (tertiary/aromatic N) is 4. The van der Waals surface area contributed by atoms with Crippen LogP contribution in [0.4, 0.5) is 15.8 Å². The van der Waals surface area contributed by atoms with E-state index < -0.39 is 0 Å². The standard InChI is InChI=1S/C23H20Cl3FN6S/c1-13-22(14(2)33(31-13)12-18-19(25)4-3-5-21(18)27)30-23(34)29-17-9-28-32(11-17)10-15-6-7-16(24)8-20(15)26/h3-9,11H,10,12H2,1-2H3,(H2,29,30,34). The zero-order valence-corrected chi connectivity index (χ0v) is 21.3. The number of aromatic nitrogens is 4. The molecule has 2 aromatic carbocycles. The Bertz CT molecular complexity index is 1350. The minimum atomic E-state index is -0.372. The third-order valence-corrected chi connectivity index (χ3v) is 6.37. The first kappa shape index (κ1) is 24.5. The Hall–Kier alpha value is -2.65. The highest BCUT2D eigenvalue weighted by atomic mass is 35.5. The van der Waals surface area contributed by atoms with Crippen LogP contribution in [0.1, 0.15) is 22.5 Å². The SMILES string of the molecule is Cc1nn(Cc2c(F)cccc2Cl)c(C)c1NC(=S)Nc1cnn(Cc2ccc(Cl)cc2Cl)c1. The van der Waals surface area contributed by atoms with Crippen molar-refractivity contribution in [2.24, 2.45) is 0 Å². The molecule has 2 N–H and O–H groups in total. The zero-order valence-electron chi connectivity index (χ0n) is 18.2. The molecule has 0 unspecified atom stereocenters. The topological polar surface area (TPSA) is 59.7 Å². The molecular weight excluding hydrogens is 518 g/mol. The van der Waals surface area contributed by atoms with Gasteiger partial charge < -0.3 is 10.6 Å². The van der Waals surface area contributed by atoms with Gasteiger partial charge in [0.1, 0.15) is 5.82 Å². The van der Waals surface area contributed by atoms with Gasteiger partial charge in [-0.2, -0.15) is 10.2 Å². The van der Waals surface area contributed by atoms with E-state index in [0.717, 1.165) is 22.6 Å². The van der Waals surface area contributed by atoms with Gasteiger partial charge in [0.15, 0.2) is 5.11 Å². The maximum atomic E-state index is 14.2. The van der Waals surface area contributed by atoms with Crippen molar-refractivity contribution in [3.05, 3.63) is 92.2 Å². The van der Waals surface area contributed by atoms with Crippen LogP contribution >= 0.6 is 47.0 Å².